The Balaban J connectivity index is 2.68. The Bertz CT molecular complexity index is 686. The van der Waals surface area contributed by atoms with Gasteiger partial charge in [-0.1, -0.05) is 5.10 Å². The highest BCUT2D eigenvalue weighted by molar-refractivity contribution is 5.97. The highest BCUT2D eigenvalue weighted by Crippen LogP contribution is 2.09. The third-order valence-electron chi connectivity index (χ3n) is 3.84. The summed E-state index contributed by atoms with van der Waals surface area (Å²) in [6.07, 6.45) is 1.63. The van der Waals surface area contributed by atoms with Crippen LogP contribution in [0.3, 0.4) is 0 Å². The second-order valence-electron chi connectivity index (χ2n) is 7.70. The molecule has 1 heterocycles. The van der Waals surface area contributed by atoms with Crippen LogP contribution in [0, 0.1) is 0 Å². The minimum atomic E-state index is -0.745. The minimum absolute atomic E-state index is 0.150. The summed E-state index contributed by atoms with van der Waals surface area (Å²) < 4.78 is 0.434. The Morgan fingerprint density at radius 1 is 1.24 bits per heavy atom. The van der Waals surface area contributed by atoms with Gasteiger partial charge >= 0.3 is 0 Å². The number of aromatic nitrogens is 4. The first kappa shape index (κ1) is 24.4. The second kappa shape index (κ2) is 11.4. The molecule has 0 saturated carbocycles. The molecule has 1 rings (SSSR count). The molecule has 1 atom stereocenters. The second-order valence-corrected chi connectivity index (χ2v) is 7.70. The smallest absolute Gasteiger partial charge is 0.275 e. The number of nitrogens with two attached hydrogens (primary N) is 1. The van der Waals surface area contributed by atoms with Crippen LogP contribution in [0.25, 0.3) is 0 Å². The van der Waals surface area contributed by atoms with E-state index in [9.17, 15) is 14.4 Å². The van der Waals surface area contributed by atoms with Gasteiger partial charge in [0.1, 0.15) is 12.6 Å². The Labute approximate surface area is 170 Å². The molecular weight excluding hydrogens is 382 g/mol. The minimum Gasteiger partial charge on any atom is -0.354 e. The topological polar surface area (TPSA) is 157 Å². The van der Waals surface area contributed by atoms with Crippen LogP contribution in [-0.2, 0) is 26.3 Å². The lowest BCUT2D eigenvalue weighted by atomic mass is 10.1. The summed E-state index contributed by atoms with van der Waals surface area (Å²) in [6.45, 7) is 0.432. The van der Waals surface area contributed by atoms with Gasteiger partial charge in [0.05, 0.1) is 28.2 Å². The molecule has 0 aliphatic rings. The molecule has 1 aromatic heterocycles. The van der Waals surface area contributed by atoms with Gasteiger partial charge in [-0.05, 0) is 24.5 Å². The van der Waals surface area contributed by atoms with Gasteiger partial charge in [-0.2, -0.15) is 4.80 Å². The summed E-state index contributed by atoms with van der Waals surface area (Å²) in [4.78, 5) is 43.3. The molecule has 0 saturated heterocycles. The summed E-state index contributed by atoms with van der Waals surface area (Å²) in [5.41, 5.74) is 0. The van der Waals surface area contributed by atoms with Crippen LogP contribution in [0.15, 0.2) is 0 Å². The zero-order valence-electron chi connectivity index (χ0n) is 17.7. The van der Waals surface area contributed by atoms with Crippen molar-refractivity contribution in [3.05, 3.63) is 0 Å². The van der Waals surface area contributed by atoms with Crippen LogP contribution in [0.1, 0.15) is 19.3 Å². The normalized spacial score (nSPS) is 12.3. The number of aryl methyl sites for hydroxylation is 1. The van der Waals surface area contributed by atoms with Crippen LogP contribution in [-0.4, -0.2) is 96.3 Å². The van der Waals surface area contributed by atoms with Crippen molar-refractivity contribution in [2.75, 3.05) is 52.8 Å². The van der Waals surface area contributed by atoms with Gasteiger partial charge in [0.15, 0.2) is 6.54 Å². The standard InChI is InChI=1S/C16H31N9O4/c1-23(16-20-22-24(2)21-16)15(28)12(19-13(26)10-25(3,4)5)8-6-7-9-18-14(27)11-29-17/h12H,6-11,17H2,1-5H3,(H-,18,19,26,27)/p+1/t12-/m0/s1. The van der Waals surface area contributed by atoms with Crippen molar-refractivity contribution in [3.63, 3.8) is 0 Å². The van der Waals surface area contributed by atoms with Gasteiger partial charge in [0.25, 0.3) is 17.8 Å². The molecule has 164 valence electrons. The summed E-state index contributed by atoms with van der Waals surface area (Å²) in [5.74, 6) is 4.10. The fourth-order valence-electron chi connectivity index (χ4n) is 2.50. The number of nitrogens with zero attached hydrogens (tertiary/aromatic N) is 6. The van der Waals surface area contributed by atoms with E-state index in [1.165, 1.54) is 16.7 Å². The number of unbranched alkanes of at least 4 members (excludes halogenated alkanes) is 1. The first-order chi connectivity index (χ1) is 13.5. The van der Waals surface area contributed by atoms with Crippen molar-refractivity contribution >= 4 is 23.7 Å². The van der Waals surface area contributed by atoms with Gasteiger partial charge in [-0.15, -0.1) is 5.10 Å². The number of carbonyl (C=O) groups excluding carboxylic acids is 3. The van der Waals surface area contributed by atoms with Crippen molar-refractivity contribution in [1.29, 1.82) is 0 Å². The van der Waals surface area contributed by atoms with Crippen LogP contribution in [0.4, 0.5) is 5.95 Å². The number of nitrogens with one attached hydrogen (secondary N) is 2. The number of anilines is 1. The van der Waals surface area contributed by atoms with Gasteiger partial charge in [0, 0.05) is 13.6 Å². The number of carbonyl (C=O) groups is 3. The predicted molar refractivity (Wildman–Crippen MR) is 104 cm³/mol. The lowest BCUT2D eigenvalue weighted by Crippen LogP contribution is -2.52. The zero-order chi connectivity index (χ0) is 22.0. The predicted octanol–water partition coefficient (Wildman–Crippen LogP) is -2.46. The fraction of sp³-hybridized carbons (Fsp3) is 0.750. The molecule has 3 amide bonds. The molecule has 13 heteroatoms. The average molecular weight is 414 g/mol. The molecule has 4 N–H and O–H groups in total. The van der Waals surface area contributed by atoms with E-state index in [4.69, 9.17) is 5.90 Å². The third kappa shape index (κ3) is 9.40. The van der Waals surface area contributed by atoms with Gasteiger partial charge < -0.3 is 15.1 Å². The van der Waals surface area contributed by atoms with E-state index < -0.39 is 6.04 Å². The molecule has 0 bridgehead atoms. The number of likely N-dealkylation sites (N-methyl/N-ethyl adjacent to an activating group) is 2. The first-order valence-electron chi connectivity index (χ1n) is 9.23. The molecule has 0 aliphatic carbocycles. The van der Waals surface area contributed by atoms with E-state index in [2.05, 4.69) is 30.9 Å². The number of hydrogen-bond acceptors (Lipinski definition) is 8. The highest BCUT2D eigenvalue weighted by Gasteiger charge is 2.28. The SMILES string of the molecule is CN(C(=O)[C@H](CCCCNC(=O)CON)NC(=O)C[N+](C)(C)C)c1nnn(C)n1. The molecule has 0 radical (unpaired) electrons. The number of hydrogen-bond donors (Lipinski definition) is 3. The summed E-state index contributed by atoms with van der Waals surface area (Å²) in [5, 5.41) is 17.0. The maximum absolute atomic E-state index is 12.9. The van der Waals surface area contributed by atoms with Gasteiger partial charge in [-0.3, -0.25) is 24.1 Å². The van der Waals surface area contributed by atoms with Crippen molar-refractivity contribution in [3.8, 4) is 0 Å². The van der Waals surface area contributed by atoms with E-state index in [1.807, 2.05) is 21.1 Å². The van der Waals surface area contributed by atoms with E-state index in [0.29, 0.717) is 30.3 Å². The summed E-state index contributed by atoms with van der Waals surface area (Å²) in [6, 6.07) is -0.745. The molecule has 0 spiro atoms. The number of tetrazole rings is 1. The fourth-order valence-corrected chi connectivity index (χ4v) is 2.50. The maximum Gasteiger partial charge on any atom is 0.275 e. The Hall–Kier alpha value is -2.64. The molecular formula is C16H32N9O4+. The molecule has 29 heavy (non-hydrogen) atoms. The Kier molecular flexibility index (Phi) is 9.58. The van der Waals surface area contributed by atoms with Crippen LogP contribution in [0.2, 0.25) is 0 Å². The monoisotopic (exact) mass is 414 g/mol. The van der Waals surface area contributed by atoms with Crippen molar-refractivity contribution < 1.29 is 23.7 Å². The quantitative estimate of drug-likeness (QED) is 0.193. The van der Waals surface area contributed by atoms with Gasteiger partial charge in [-0.25, -0.2) is 5.90 Å². The number of quaternary nitrogens is 1. The molecule has 1 aromatic rings. The van der Waals surface area contributed by atoms with Crippen LogP contribution >= 0.6 is 0 Å². The lowest BCUT2D eigenvalue weighted by Gasteiger charge is -2.26. The number of amides is 3. The molecule has 0 aliphatic heterocycles. The van der Waals surface area contributed by atoms with Crippen molar-refractivity contribution in [1.82, 2.24) is 30.8 Å². The third-order valence-corrected chi connectivity index (χ3v) is 3.84. The lowest BCUT2D eigenvalue weighted by molar-refractivity contribution is -0.862. The van der Waals surface area contributed by atoms with Gasteiger partial charge in [0.2, 0.25) is 5.91 Å². The summed E-state index contributed by atoms with van der Waals surface area (Å²) in [7, 11) is 8.80. The number of rotatable bonds is 12. The zero-order valence-corrected chi connectivity index (χ0v) is 17.7. The Morgan fingerprint density at radius 2 is 1.93 bits per heavy atom. The largest absolute Gasteiger partial charge is 0.354 e. The van der Waals surface area contributed by atoms with Crippen molar-refractivity contribution in [2.45, 2.75) is 25.3 Å². The molecule has 0 fully saturated rings. The maximum atomic E-state index is 12.9. The molecule has 0 unspecified atom stereocenters. The molecule has 13 nitrogen and oxygen atoms in total. The Morgan fingerprint density at radius 3 is 2.48 bits per heavy atom. The van der Waals surface area contributed by atoms with Crippen molar-refractivity contribution in [2.24, 2.45) is 12.9 Å². The van der Waals surface area contributed by atoms with E-state index >= 15 is 0 Å². The summed E-state index contributed by atoms with van der Waals surface area (Å²) >= 11 is 0. The van der Waals surface area contributed by atoms with Crippen LogP contribution < -0.4 is 21.4 Å². The molecule has 0 aromatic carbocycles. The highest BCUT2D eigenvalue weighted by atomic mass is 16.6. The van der Waals surface area contributed by atoms with E-state index in [0.717, 1.165) is 0 Å². The van der Waals surface area contributed by atoms with Crippen LogP contribution in [0.5, 0.6) is 0 Å². The van der Waals surface area contributed by atoms with E-state index in [1.54, 1.807) is 7.05 Å². The first-order valence-corrected chi connectivity index (χ1v) is 9.23. The van der Waals surface area contributed by atoms with E-state index in [-0.39, 0.29) is 36.8 Å². The average Bonchev–Trinajstić information content (AvgIpc) is 3.04.